The van der Waals surface area contributed by atoms with Gasteiger partial charge in [0.25, 0.3) is 0 Å². The number of carbonyl (C=O) groups excluding carboxylic acids is 2. The molecule has 0 spiro atoms. The highest BCUT2D eigenvalue weighted by Crippen LogP contribution is 2.41. The highest BCUT2D eigenvalue weighted by molar-refractivity contribution is 7.19. The minimum atomic E-state index is -0.877. The maximum absolute atomic E-state index is 13.5. The molecular formula is C38H36O6S. The molecule has 7 heteroatoms. The number of carbonyl (C=O) groups is 2. The van der Waals surface area contributed by atoms with Crippen LogP contribution in [0.3, 0.4) is 0 Å². The summed E-state index contributed by atoms with van der Waals surface area (Å²) < 4.78 is 26.1. The molecule has 4 aromatic carbocycles. The van der Waals surface area contributed by atoms with Gasteiger partial charge in [-0.25, -0.2) is 9.59 Å². The van der Waals surface area contributed by atoms with Gasteiger partial charge in [-0.2, -0.15) is 0 Å². The van der Waals surface area contributed by atoms with Crippen LogP contribution >= 0.6 is 11.3 Å². The van der Waals surface area contributed by atoms with Gasteiger partial charge in [0, 0.05) is 22.4 Å². The van der Waals surface area contributed by atoms with Gasteiger partial charge in [-0.1, -0.05) is 61.5 Å². The molecule has 2 heterocycles. The summed E-state index contributed by atoms with van der Waals surface area (Å²) in [6, 6.07) is 32.4. The molecule has 1 fully saturated rings. The fourth-order valence-corrected chi connectivity index (χ4v) is 7.02. The number of hydrogen-bond donors (Lipinski definition) is 0. The van der Waals surface area contributed by atoms with Crippen LogP contribution in [0, 0.1) is 6.92 Å². The molecule has 0 radical (unpaired) electrons. The summed E-state index contributed by atoms with van der Waals surface area (Å²) in [5.41, 5.74) is 3.66. The van der Waals surface area contributed by atoms with Crippen LogP contribution in [0.25, 0.3) is 10.1 Å². The molecule has 0 aliphatic carbocycles. The van der Waals surface area contributed by atoms with Gasteiger partial charge in [0.2, 0.25) is 0 Å². The number of rotatable bonds is 9. The zero-order valence-electron chi connectivity index (χ0n) is 25.6. The minimum absolute atomic E-state index is 0.206. The number of thiophene rings is 1. The SMILES string of the molecule is CC[C@@H]1C[C@H](OC(=O)c2ccccc2)[C@@H](OC(=O)c2ccccc2)[C@H](c2cc(Cc3cc4ccccc4s3)c(OC)cc2C)O1. The van der Waals surface area contributed by atoms with Crippen molar-refractivity contribution >= 4 is 33.4 Å². The Bertz CT molecular complexity index is 1750. The average Bonchev–Trinajstić information content (AvgIpc) is 3.49. The highest BCUT2D eigenvalue weighted by Gasteiger charge is 2.45. The number of ether oxygens (including phenoxy) is 4. The number of aryl methyl sites for hydroxylation is 1. The van der Waals surface area contributed by atoms with Gasteiger partial charge in [-0.15, -0.1) is 11.3 Å². The second-order valence-corrected chi connectivity index (χ2v) is 12.5. The molecule has 0 unspecified atom stereocenters. The number of esters is 2. The standard InChI is InChI=1S/C38H36O6S/c1-4-29-23-33(43-37(39)25-13-7-5-8-14-25)36(44-38(40)26-15-9-6-10-16-26)35(42-29)31-22-28(32(41-3)19-24(31)2)21-30-20-27-17-11-12-18-34(27)45-30/h5-20,22,29,33,35-36H,4,21,23H2,1-3H3/t29-,33+,35+,36-/m1/s1. The molecule has 45 heavy (non-hydrogen) atoms. The summed E-state index contributed by atoms with van der Waals surface area (Å²) in [5.74, 6) is -0.184. The third-order valence-corrected chi connectivity index (χ3v) is 9.41. The Morgan fingerprint density at radius 1 is 0.844 bits per heavy atom. The van der Waals surface area contributed by atoms with E-state index in [9.17, 15) is 9.59 Å². The molecule has 230 valence electrons. The van der Waals surface area contributed by atoms with Crippen molar-refractivity contribution in [3.63, 3.8) is 0 Å². The fourth-order valence-electron chi connectivity index (χ4n) is 5.93. The Morgan fingerprint density at radius 2 is 1.49 bits per heavy atom. The van der Waals surface area contributed by atoms with Crippen molar-refractivity contribution in [2.24, 2.45) is 0 Å². The van der Waals surface area contributed by atoms with Crippen LogP contribution in [0.2, 0.25) is 0 Å². The second-order valence-electron chi connectivity index (χ2n) is 11.3. The predicted octanol–water partition coefficient (Wildman–Crippen LogP) is 8.50. The fraction of sp³-hybridized carbons (Fsp3) is 0.263. The van der Waals surface area contributed by atoms with Crippen molar-refractivity contribution in [2.45, 2.75) is 57.5 Å². The van der Waals surface area contributed by atoms with Crippen LogP contribution in [-0.4, -0.2) is 37.4 Å². The summed E-state index contributed by atoms with van der Waals surface area (Å²) >= 11 is 1.76. The quantitative estimate of drug-likeness (QED) is 0.154. The summed E-state index contributed by atoms with van der Waals surface area (Å²) in [7, 11) is 1.68. The van der Waals surface area contributed by atoms with Crippen LogP contribution in [0.1, 0.15) is 68.2 Å². The smallest absolute Gasteiger partial charge is 0.338 e. The van der Waals surface area contributed by atoms with E-state index in [0.717, 1.165) is 22.4 Å². The maximum atomic E-state index is 13.5. The summed E-state index contributed by atoms with van der Waals surface area (Å²) in [4.78, 5) is 28.0. The number of hydrogen-bond acceptors (Lipinski definition) is 7. The van der Waals surface area contributed by atoms with Crippen molar-refractivity contribution < 1.29 is 28.5 Å². The molecule has 0 N–H and O–H groups in total. The van der Waals surface area contributed by atoms with E-state index >= 15 is 0 Å². The van der Waals surface area contributed by atoms with Crippen LogP contribution in [0.5, 0.6) is 5.75 Å². The number of benzene rings is 4. The second kappa shape index (κ2) is 13.7. The lowest BCUT2D eigenvalue weighted by Crippen LogP contribution is -2.48. The van der Waals surface area contributed by atoms with Gasteiger partial charge in [0.15, 0.2) is 6.10 Å². The average molecular weight is 621 g/mol. The van der Waals surface area contributed by atoms with Crippen molar-refractivity contribution in [3.8, 4) is 5.75 Å². The Labute approximate surface area is 267 Å². The lowest BCUT2D eigenvalue weighted by molar-refractivity contribution is -0.175. The Hall–Kier alpha value is -4.46. The van der Waals surface area contributed by atoms with E-state index < -0.39 is 30.3 Å². The Balaban J connectivity index is 1.39. The molecule has 0 bridgehead atoms. The first-order valence-corrected chi connectivity index (χ1v) is 16.1. The largest absolute Gasteiger partial charge is 0.496 e. The van der Waals surface area contributed by atoms with E-state index in [-0.39, 0.29) is 6.10 Å². The van der Waals surface area contributed by atoms with Gasteiger partial charge in [0.1, 0.15) is 18.0 Å². The van der Waals surface area contributed by atoms with Crippen molar-refractivity contribution in [2.75, 3.05) is 7.11 Å². The van der Waals surface area contributed by atoms with Crippen LogP contribution in [0.15, 0.2) is 103 Å². The first-order valence-electron chi connectivity index (χ1n) is 15.3. The van der Waals surface area contributed by atoms with Gasteiger partial charge < -0.3 is 18.9 Å². The molecule has 1 aliphatic rings. The van der Waals surface area contributed by atoms with Gasteiger partial charge in [0.05, 0.1) is 24.3 Å². The van der Waals surface area contributed by atoms with E-state index in [2.05, 4.69) is 30.3 Å². The third kappa shape index (κ3) is 6.80. The molecule has 0 amide bonds. The number of fused-ring (bicyclic) bond motifs is 1. The Morgan fingerprint density at radius 3 is 2.13 bits per heavy atom. The maximum Gasteiger partial charge on any atom is 0.338 e. The first kappa shape index (κ1) is 30.6. The highest BCUT2D eigenvalue weighted by atomic mass is 32.1. The van der Waals surface area contributed by atoms with Crippen LogP contribution < -0.4 is 4.74 Å². The molecule has 1 saturated heterocycles. The topological polar surface area (TPSA) is 71.1 Å². The van der Waals surface area contributed by atoms with Gasteiger partial charge in [-0.05, 0) is 84.0 Å². The van der Waals surface area contributed by atoms with E-state index in [1.54, 1.807) is 67.0 Å². The molecule has 6 rings (SSSR count). The summed E-state index contributed by atoms with van der Waals surface area (Å²) in [6.07, 6.45) is -0.694. The molecular weight excluding hydrogens is 584 g/mol. The predicted molar refractivity (Wildman–Crippen MR) is 176 cm³/mol. The molecule has 5 aromatic rings. The first-order chi connectivity index (χ1) is 21.9. The van der Waals surface area contributed by atoms with Crippen molar-refractivity contribution in [1.82, 2.24) is 0 Å². The zero-order chi connectivity index (χ0) is 31.3. The van der Waals surface area contributed by atoms with E-state index in [1.165, 1.54) is 15.0 Å². The monoisotopic (exact) mass is 620 g/mol. The van der Waals surface area contributed by atoms with Gasteiger partial charge in [-0.3, -0.25) is 0 Å². The molecule has 4 atom stereocenters. The number of methoxy groups -OCH3 is 1. The molecule has 1 aromatic heterocycles. The van der Waals surface area contributed by atoms with Crippen molar-refractivity contribution in [1.29, 1.82) is 0 Å². The van der Waals surface area contributed by atoms with Gasteiger partial charge >= 0.3 is 11.9 Å². The third-order valence-electron chi connectivity index (χ3n) is 8.29. The lowest BCUT2D eigenvalue weighted by Gasteiger charge is -2.41. The zero-order valence-corrected chi connectivity index (χ0v) is 26.4. The molecule has 6 nitrogen and oxygen atoms in total. The molecule has 0 saturated carbocycles. The van der Waals surface area contributed by atoms with Crippen LogP contribution in [-0.2, 0) is 20.6 Å². The summed E-state index contributed by atoms with van der Waals surface area (Å²) in [5, 5.41) is 1.21. The lowest BCUT2D eigenvalue weighted by atomic mass is 9.88. The Kier molecular flexibility index (Phi) is 9.29. The summed E-state index contributed by atoms with van der Waals surface area (Å²) in [6.45, 7) is 4.04. The van der Waals surface area contributed by atoms with E-state index in [1.807, 2.05) is 38.1 Å². The normalized spacial score (nSPS) is 19.6. The van der Waals surface area contributed by atoms with E-state index in [0.29, 0.717) is 30.4 Å². The minimum Gasteiger partial charge on any atom is -0.496 e. The van der Waals surface area contributed by atoms with Crippen LogP contribution in [0.4, 0.5) is 0 Å². The van der Waals surface area contributed by atoms with Crippen molar-refractivity contribution in [3.05, 3.63) is 136 Å². The molecule has 1 aliphatic heterocycles. The van der Waals surface area contributed by atoms with E-state index in [4.69, 9.17) is 18.9 Å².